The van der Waals surface area contributed by atoms with Gasteiger partial charge in [0.15, 0.2) is 11.6 Å². The van der Waals surface area contributed by atoms with Gasteiger partial charge in [0.25, 0.3) is 0 Å². The fraction of sp³-hybridized carbons (Fsp3) is 0.0625. The van der Waals surface area contributed by atoms with E-state index in [9.17, 15) is 4.39 Å². The van der Waals surface area contributed by atoms with E-state index < -0.39 is 0 Å². The van der Waals surface area contributed by atoms with Crippen LogP contribution in [0, 0.1) is 12.7 Å². The quantitative estimate of drug-likeness (QED) is 0.724. The fourth-order valence-corrected chi connectivity index (χ4v) is 2.54. The van der Waals surface area contributed by atoms with Crippen LogP contribution in [0.4, 0.5) is 10.2 Å². The Morgan fingerprint density at radius 3 is 2.67 bits per heavy atom. The summed E-state index contributed by atoms with van der Waals surface area (Å²) >= 11 is 3.49. The Bertz CT molecular complexity index is 814. The molecule has 0 aliphatic carbocycles. The number of nitrogens with two attached hydrogens (primary N) is 1. The van der Waals surface area contributed by atoms with Crippen molar-refractivity contribution in [3.05, 3.63) is 58.3 Å². The van der Waals surface area contributed by atoms with E-state index in [4.69, 9.17) is 10.3 Å². The van der Waals surface area contributed by atoms with Gasteiger partial charge < -0.3 is 10.3 Å². The molecule has 0 atom stereocenters. The molecule has 3 aromatic rings. The van der Waals surface area contributed by atoms with Crippen LogP contribution in [-0.2, 0) is 0 Å². The normalized spacial score (nSPS) is 10.8. The zero-order chi connectivity index (χ0) is 15.0. The highest BCUT2D eigenvalue weighted by molar-refractivity contribution is 9.10. The topological polar surface area (TPSA) is 52.0 Å². The standard InChI is InChI=1S/C16H12BrFN2O/c1-9-5-6-11(8-13(9)17)15-14(16(19)20-21-15)10-3-2-4-12(18)7-10/h2-8H,1H3,(H2,19,20). The molecule has 106 valence electrons. The predicted octanol–water partition coefficient (Wildman–Crippen LogP) is 4.80. The molecule has 1 aromatic heterocycles. The molecular weight excluding hydrogens is 335 g/mol. The van der Waals surface area contributed by atoms with Gasteiger partial charge in [-0.05, 0) is 36.2 Å². The van der Waals surface area contributed by atoms with Crippen LogP contribution in [0.15, 0.2) is 51.5 Å². The molecule has 1 heterocycles. The summed E-state index contributed by atoms with van der Waals surface area (Å²) in [5, 5.41) is 3.82. The average Bonchev–Trinajstić information content (AvgIpc) is 2.84. The lowest BCUT2D eigenvalue weighted by atomic mass is 10.0. The van der Waals surface area contributed by atoms with Crippen LogP contribution in [0.25, 0.3) is 22.5 Å². The number of aromatic nitrogens is 1. The Morgan fingerprint density at radius 1 is 1.14 bits per heavy atom. The first kappa shape index (κ1) is 13.8. The molecule has 21 heavy (non-hydrogen) atoms. The van der Waals surface area contributed by atoms with Gasteiger partial charge in [-0.25, -0.2) is 4.39 Å². The molecule has 0 saturated carbocycles. The first-order chi connectivity index (χ1) is 10.1. The van der Waals surface area contributed by atoms with Gasteiger partial charge in [0.2, 0.25) is 0 Å². The van der Waals surface area contributed by atoms with Crippen LogP contribution in [-0.4, -0.2) is 5.16 Å². The van der Waals surface area contributed by atoms with Crippen molar-refractivity contribution in [2.24, 2.45) is 0 Å². The number of nitrogen functional groups attached to an aromatic ring is 1. The maximum absolute atomic E-state index is 13.4. The second-order valence-corrected chi connectivity index (χ2v) is 5.60. The first-order valence-corrected chi connectivity index (χ1v) is 7.13. The average molecular weight is 347 g/mol. The summed E-state index contributed by atoms with van der Waals surface area (Å²) in [7, 11) is 0. The van der Waals surface area contributed by atoms with Crippen LogP contribution < -0.4 is 5.73 Å². The Kier molecular flexibility index (Phi) is 3.51. The minimum Gasteiger partial charge on any atom is -0.380 e. The van der Waals surface area contributed by atoms with E-state index in [1.807, 2.05) is 25.1 Å². The molecule has 3 nitrogen and oxygen atoms in total. The smallest absolute Gasteiger partial charge is 0.176 e. The number of hydrogen-bond acceptors (Lipinski definition) is 3. The van der Waals surface area contributed by atoms with Gasteiger partial charge >= 0.3 is 0 Å². The third-order valence-electron chi connectivity index (χ3n) is 3.27. The number of hydrogen-bond donors (Lipinski definition) is 1. The summed E-state index contributed by atoms with van der Waals surface area (Å²) in [5.41, 5.74) is 9.07. The minimum absolute atomic E-state index is 0.243. The second-order valence-electron chi connectivity index (χ2n) is 4.75. The first-order valence-electron chi connectivity index (χ1n) is 6.34. The molecule has 5 heteroatoms. The summed E-state index contributed by atoms with van der Waals surface area (Å²) in [6, 6.07) is 12.0. The molecule has 2 N–H and O–H groups in total. The summed E-state index contributed by atoms with van der Waals surface area (Å²) in [6.07, 6.45) is 0. The van der Waals surface area contributed by atoms with Crippen LogP contribution in [0.5, 0.6) is 0 Å². The molecule has 2 aromatic carbocycles. The molecule has 0 saturated heterocycles. The van der Waals surface area contributed by atoms with E-state index in [1.165, 1.54) is 12.1 Å². The summed E-state index contributed by atoms with van der Waals surface area (Å²) in [4.78, 5) is 0. The lowest BCUT2D eigenvalue weighted by Crippen LogP contribution is -1.89. The summed E-state index contributed by atoms with van der Waals surface area (Å²) in [6.45, 7) is 2.00. The Morgan fingerprint density at radius 2 is 1.95 bits per heavy atom. The summed E-state index contributed by atoms with van der Waals surface area (Å²) < 4.78 is 19.8. The van der Waals surface area contributed by atoms with Gasteiger partial charge in [-0.15, -0.1) is 0 Å². The second kappa shape index (κ2) is 5.33. The third kappa shape index (κ3) is 2.56. The van der Waals surface area contributed by atoms with Crippen LogP contribution >= 0.6 is 15.9 Å². The van der Waals surface area contributed by atoms with E-state index in [1.54, 1.807) is 12.1 Å². The zero-order valence-electron chi connectivity index (χ0n) is 11.2. The predicted molar refractivity (Wildman–Crippen MR) is 84.2 cm³/mol. The molecule has 0 fully saturated rings. The van der Waals surface area contributed by atoms with E-state index in [0.29, 0.717) is 16.9 Å². The van der Waals surface area contributed by atoms with E-state index >= 15 is 0 Å². The van der Waals surface area contributed by atoms with Gasteiger partial charge in [0.05, 0.1) is 5.56 Å². The maximum atomic E-state index is 13.4. The number of benzene rings is 2. The zero-order valence-corrected chi connectivity index (χ0v) is 12.8. The van der Waals surface area contributed by atoms with Crippen molar-refractivity contribution >= 4 is 21.7 Å². The Hall–Kier alpha value is -2.14. The van der Waals surface area contributed by atoms with Crippen LogP contribution in [0.2, 0.25) is 0 Å². The molecule has 0 bridgehead atoms. The molecular formula is C16H12BrFN2O. The molecule has 0 aliphatic rings. The molecule has 0 unspecified atom stereocenters. The molecule has 0 radical (unpaired) electrons. The molecule has 0 spiro atoms. The van der Waals surface area contributed by atoms with Gasteiger partial charge in [-0.1, -0.05) is 45.4 Å². The van der Waals surface area contributed by atoms with Crippen molar-refractivity contribution in [2.45, 2.75) is 6.92 Å². The Labute approximate surface area is 129 Å². The van der Waals surface area contributed by atoms with E-state index in [0.717, 1.165) is 15.6 Å². The number of halogens is 2. The van der Waals surface area contributed by atoms with Gasteiger partial charge in [0, 0.05) is 10.0 Å². The van der Waals surface area contributed by atoms with Crippen molar-refractivity contribution in [1.82, 2.24) is 5.16 Å². The van der Waals surface area contributed by atoms with Crippen LogP contribution in [0.1, 0.15) is 5.56 Å². The van der Waals surface area contributed by atoms with E-state index in [-0.39, 0.29) is 11.6 Å². The number of rotatable bonds is 2. The molecule has 0 amide bonds. The SMILES string of the molecule is Cc1ccc(-c2onc(N)c2-c2cccc(F)c2)cc1Br. The van der Waals surface area contributed by atoms with Crippen molar-refractivity contribution in [3.63, 3.8) is 0 Å². The molecule has 3 rings (SSSR count). The monoisotopic (exact) mass is 346 g/mol. The van der Waals surface area contributed by atoms with Crippen LogP contribution in [0.3, 0.4) is 0 Å². The minimum atomic E-state index is -0.330. The van der Waals surface area contributed by atoms with Crippen molar-refractivity contribution < 1.29 is 8.91 Å². The highest BCUT2D eigenvalue weighted by Crippen LogP contribution is 2.37. The van der Waals surface area contributed by atoms with E-state index in [2.05, 4.69) is 21.1 Å². The number of anilines is 1. The maximum Gasteiger partial charge on any atom is 0.176 e. The van der Waals surface area contributed by atoms with Gasteiger partial charge in [-0.2, -0.15) is 0 Å². The van der Waals surface area contributed by atoms with Gasteiger partial charge in [-0.3, -0.25) is 0 Å². The fourth-order valence-electron chi connectivity index (χ4n) is 2.16. The summed E-state index contributed by atoms with van der Waals surface area (Å²) in [5.74, 6) is 0.440. The van der Waals surface area contributed by atoms with Crippen molar-refractivity contribution in [1.29, 1.82) is 0 Å². The largest absolute Gasteiger partial charge is 0.380 e. The highest BCUT2D eigenvalue weighted by atomic mass is 79.9. The van der Waals surface area contributed by atoms with Crippen molar-refractivity contribution in [2.75, 3.05) is 5.73 Å². The number of nitrogens with zero attached hydrogens (tertiary/aromatic N) is 1. The highest BCUT2D eigenvalue weighted by Gasteiger charge is 2.18. The van der Waals surface area contributed by atoms with Crippen molar-refractivity contribution in [3.8, 4) is 22.5 Å². The lowest BCUT2D eigenvalue weighted by Gasteiger charge is -2.05. The third-order valence-corrected chi connectivity index (χ3v) is 4.12. The lowest BCUT2D eigenvalue weighted by molar-refractivity contribution is 0.436. The molecule has 0 aliphatic heterocycles. The number of aryl methyl sites for hydroxylation is 1. The Balaban J connectivity index is 2.19. The van der Waals surface area contributed by atoms with Gasteiger partial charge in [0.1, 0.15) is 5.82 Å².